The minimum atomic E-state index is 0. The fourth-order valence-corrected chi connectivity index (χ4v) is 1.42. The van der Waals surface area contributed by atoms with E-state index in [1.54, 1.807) is 0 Å². The monoisotopic (exact) mass is 236 g/mol. The Morgan fingerprint density at radius 2 is 2.00 bits per heavy atom. The Bertz CT molecular complexity index is 187. The maximum atomic E-state index is 8.51. The third kappa shape index (κ3) is 3.24. The van der Waals surface area contributed by atoms with Gasteiger partial charge in [-0.15, -0.1) is 12.4 Å². The van der Waals surface area contributed by atoms with Gasteiger partial charge in [-0.1, -0.05) is 0 Å². The van der Waals surface area contributed by atoms with Crippen LogP contribution in [0.25, 0.3) is 0 Å². The summed E-state index contributed by atoms with van der Waals surface area (Å²) in [4.78, 5) is 0. The first-order valence-electron chi connectivity index (χ1n) is 3.33. The van der Waals surface area contributed by atoms with Crippen molar-refractivity contribution in [2.45, 2.75) is 12.8 Å². The molecule has 1 aliphatic rings. The lowest BCUT2D eigenvalue weighted by atomic mass is 10.1. The van der Waals surface area contributed by atoms with Crippen molar-refractivity contribution in [3.63, 3.8) is 0 Å². The van der Waals surface area contributed by atoms with Gasteiger partial charge < -0.3 is 5.32 Å². The van der Waals surface area contributed by atoms with Crippen LogP contribution in [-0.2, 0) is 0 Å². The van der Waals surface area contributed by atoms with E-state index in [2.05, 4.69) is 27.3 Å². The van der Waals surface area contributed by atoms with E-state index in [9.17, 15) is 0 Å². The van der Waals surface area contributed by atoms with Crippen molar-refractivity contribution in [2.24, 2.45) is 0 Å². The molecule has 0 unspecified atom stereocenters. The lowest BCUT2D eigenvalue weighted by Crippen LogP contribution is -2.23. The highest BCUT2D eigenvalue weighted by Crippen LogP contribution is 2.18. The first-order valence-corrected chi connectivity index (χ1v) is 4.12. The molecule has 4 heteroatoms. The molecule has 1 fully saturated rings. The molecule has 1 aliphatic heterocycles. The zero-order valence-electron chi connectivity index (χ0n) is 6.06. The molecular weight excluding hydrogens is 227 g/mol. The van der Waals surface area contributed by atoms with Crippen molar-refractivity contribution in [1.82, 2.24) is 5.32 Å². The summed E-state index contributed by atoms with van der Waals surface area (Å²) < 4.78 is 0.731. The lowest BCUT2D eigenvalue weighted by Gasteiger charge is -2.14. The highest BCUT2D eigenvalue weighted by atomic mass is 79.9. The van der Waals surface area contributed by atoms with Crippen LogP contribution in [0.4, 0.5) is 0 Å². The van der Waals surface area contributed by atoms with Crippen LogP contribution >= 0.6 is 28.3 Å². The second-order valence-corrected chi connectivity index (χ2v) is 3.07. The van der Waals surface area contributed by atoms with E-state index in [0.29, 0.717) is 0 Å². The molecule has 2 nitrogen and oxygen atoms in total. The van der Waals surface area contributed by atoms with Gasteiger partial charge in [0.25, 0.3) is 0 Å². The number of rotatable bonds is 0. The van der Waals surface area contributed by atoms with Crippen LogP contribution in [0.5, 0.6) is 0 Å². The summed E-state index contributed by atoms with van der Waals surface area (Å²) in [5.41, 5.74) is 1.25. The summed E-state index contributed by atoms with van der Waals surface area (Å²) >= 11 is 3.23. The van der Waals surface area contributed by atoms with Crippen molar-refractivity contribution >= 4 is 28.3 Å². The van der Waals surface area contributed by atoms with Gasteiger partial charge in [-0.3, -0.25) is 0 Å². The molecule has 0 spiro atoms. The Morgan fingerprint density at radius 1 is 1.45 bits per heavy atom. The molecule has 0 amide bonds. The topological polar surface area (TPSA) is 35.8 Å². The standard InChI is InChI=1S/C7H9BrN2.ClH/c8-7(5-9)6-1-3-10-4-2-6;/h10H,1-4H2;1H. The van der Waals surface area contributed by atoms with Gasteiger partial charge in [-0.2, -0.15) is 5.26 Å². The molecule has 0 aliphatic carbocycles. The molecule has 0 saturated carbocycles. The summed E-state index contributed by atoms with van der Waals surface area (Å²) in [5.74, 6) is 0. The average molecular weight is 238 g/mol. The number of piperidine rings is 1. The second kappa shape index (κ2) is 5.59. The summed E-state index contributed by atoms with van der Waals surface area (Å²) in [6.45, 7) is 2.01. The van der Waals surface area contributed by atoms with Crippen LogP contribution in [0, 0.1) is 11.3 Å². The third-order valence-electron chi connectivity index (χ3n) is 1.62. The predicted molar refractivity (Wildman–Crippen MR) is 50.9 cm³/mol. The van der Waals surface area contributed by atoms with E-state index >= 15 is 0 Å². The van der Waals surface area contributed by atoms with Crippen molar-refractivity contribution in [3.05, 3.63) is 10.1 Å². The summed E-state index contributed by atoms with van der Waals surface area (Å²) in [6.07, 6.45) is 2.02. The average Bonchev–Trinajstić information content (AvgIpc) is 2.05. The Hall–Kier alpha value is -0.0400. The lowest BCUT2D eigenvalue weighted by molar-refractivity contribution is 0.609. The van der Waals surface area contributed by atoms with Crippen LogP contribution in [0.15, 0.2) is 10.1 Å². The Morgan fingerprint density at radius 3 is 2.45 bits per heavy atom. The minimum Gasteiger partial charge on any atom is -0.316 e. The van der Waals surface area contributed by atoms with E-state index in [-0.39, 0.29) is 12.4 Å². The van der Waals surface area contributed by atoms with Crippen LogP contribution in [-0.4, -0.2) is 13.1 Å². The zero-order chi connectivity index (χ0) is 7.40. The number of nitrogens with zero attached hydrogens (tertiary/aromatic N) is 1. The molecule has 11 heavy (non-hydrogen) atoms. The van der Waals surface area contributed by atoms with E-state index in [4.69, 9.17) is 5.26 Å². The van der Waals surface area contributed by atoms with Crippen molar-refractivity contribution in [1.29, 1.82) is 5.26 Å². The molecule has 0 bridgehead atoms. The summed E-state index contributed by atoms with van der Waals surface area (Å²) in [6, 6.07) is 2.10. The minimum absolute atomic E-state index is 0. The molecule has 1 N–H and O–H groups in total. The number of halogens is 2. The van der Waals surface area contributed by atoms with Crippen LogP contribution < -0.4 is 5.32 Å². The van der Waals surface area contributed by atoms with Gasteiger partial charge >= 0.3 is 0 Å². The predicted octanol–water partition coefficient (Wildman–Crippen LogP) is 1.96. The van der Waals surface area contributed by atoms with E-state index in [1.807, 2.05) is 0 Å². The van der Waals surface area contributed by atoms with Crippen LogP contribution in [0.1, 0.15) is 12.8 Å². The highest BCUT2D eigenvalue weighted by Gasteiger charge is 2.07. The number of nitriles is 1. The highest BCUT2D eigenvalue weighted by molar-refractivity contribution is 9.12. The van der Waals surface area contributed by atoms with E-state index in [0.717, 1.165) is 30.4 Å². The number of hydrogen-bond donors (Lipinski definition) is 1. The molecule has 0 atom stereocenters. The Kier molecular flexibility index (Phi) is 5.57. The number of allylic oxidation sites excluding steroid dienone is 1. The molecular formula is C7H10BrClN2. The largest absolute Gasteiger partial charge is 0.316 e. The van der Waals surface area contributed by atoms with Gasteiger partial charge in [0.05, 0.1) is 4.48 Å². The Balaban J connectivity index is 0.000001000. The fraction of sp³-hybridized carbons (Fsp3) is 0.571. The van der Waals surface area contributed by atoms with Gasteiger partial charge in [0.15, 0.2) is 0 Å². The molecule has 0 aromatic heterocycles. The maximum Gasteiger partial charge on any atom is 0.107 e. The molecule has 1 heterocycles. The molecule has 0 aromatic carbocycles. The maximum absolute atomic E-state index is 8.51. The second-order valence-electron chi connectivity index (χ2n) is 2.28. The normalized spacial score (nSPS) is 16.5. The van der Waals surface area contributed by atoms with Crippen molar-refractivity contribution < 1.29 is 0 Å². The molecule has 62 valence electrons. The smallest absolute Gasteiger partial charge is 0.107 e. The quantitative estimate of drug-likeness (QED) is 0.654. The van der Waals surface area contributed by atoms with Crippen LogP contribution in [0.3, 0.4) is 0 Å². The number of nitrogens with one attached hydrogen (secondary N) is 1. The van der Waals surface area contributed by atoms with E-state index in [1.165, 1.54) is 5.57 Å². The van der Waals surface area contributed by atoms with Crippen molar-refractivity contribution in [3.8, 4) is 6.07 Å². The van der Waals surface area contributed by atoms with Gasteiger partial charge in [0.2, 0.25) is 0 Å². The van der Waals surface area contributed by atoms with Crippen LogP contribution in [0.2, 0.25) is 0 Å². The third-order valence-corrected chi connectivity index (χ3v) is 2.35. The van der Waals surface area contributed by atoms with E-state index < -0.39 is 0 Å². The number of hydrogen-bond acceptors (Lipinski definition) is 2. The zero-order valence-corrected chi connectivity index (χ0v) is 8.46. The Labute approximate surface area is 81.2 Å². The summed E-state index contributed by atoms with van der Waals surface area (Å²) in [7, 11) is 0. The molecule has 0 aromatic rings. The summed E-state index contributed by atoms with van der Waals surface area (Å²) in [5, 5.41) is 11.7. The first kappa shape index (κ1) is 11.0. The molecule has 1 saturated heterocycles. The van der Waals surface area contributed by atoms with Gasteiger partial charge in [-0.25, -0.2) is 0 Å². The SMILES string of the molecule is Cl.N#CC(Br)=C1CCNCC1. The van der Waals surface area contributed by atoms with Gasteiger partial charge in [0.1, 0.15) is 6.07 Å². The molecule has 0 radical (unpaired) electrons. The van der Waals surface area contributed by atoms with Gasteiger partial charge in [0, 0.05) is 0 Å². The van der Waals surface area contributed by atoms with Gasteiger partial charge in [-0.05, 0) is 47.4 Å². The first-order chi connectivity index (χ1) is 4.84. The molecule has 1 rings (SSSR count). The van der Waals surface area contributed by atoms with Crippen molar-refractivity contribution in [2.75, 3.05) is 13.1 Å². The fourth-order valence-electron chi connectivity index (χ4n) is 1.03.